The maximum atomic E-state index is 5.59. The van der Waals surface area contributed by atoms with Crippen LogP contribution in [0.3, 0.4) is 0 Å². The van der Waals surface area contributed by atoms with E-state index in [2.05, 4.69) is 36.2 Å². The summed E-state index contributed by atoms with van der Waals surface area (Å²) in [6, 6.07) is 16.2. The maximum Gasteiger partial charge on any atom is 0.0633 e. The third-order valence-corrected chi connectivity index (χ3v) is 2.59. The minimum Gasteiger partial charge on any atom is -0.326 e. The van der Waals surface area contributed by atoms with E-state index in [9.17, 15) is 0 Å². The number of rotatable bonds is 3. The highest BCUT2D eigenvalue weighted by atomic mass is 14.7. The number of aliphatic imine (C=N–C) groups is 1. The van der Waals surface area contributed by atoms with Gasteiger partial charge in [-0.15, -0.1) is 0 Å². The molecule has 0 unspecified atom stereocenters. The van der Waals surface area contributed by atoms with Crippen LogP contribution in [-0.4, -0.2) is 6.21 Å². The predicted octanol–water partition coefficient (Wildman–Crippen LogP) is 3.20. The molecule has 0 saturated heterocycles. The SMILES string of the molecule is Cc1ccc(C=Nc2cccc(CN)c2)cc1. The first kappa shape index (κ1) is 11.6. The van der Waals surface area contributed by atoms with E-state index in [1.807, 2.05) is 30.5 Å². The van der Waals surface area contributed by atoms with Gasteiger partial charge in [0.05, 0.1) is 5.69 Å². The van der Waals surface area contributed by atoms with E-state index in [0.29, 0.717) is 6.54 Å². The molecule has 0 aliphatic heterocycles. The number of aryl methyl sites for hydroxylation is 1. The fourth-order valence-corrected chi connectivity index (χ4v) is 1.57. The zero-order chi connectivity index (χ0) is 12.1. The van der Waals surface area contributed by atoms with E-state index in [-0.39, 0.29) is 0 Å². The summed E-state index contributed by atoms with van der Waals surface area (Å²) in [5, 5.41) is 0. The summed E-state index contributed by atoms with van der Waals surface area (Å²) < 4.78 is 0. The van der Waals surface area contributed by atoms with Gasteiger partial charge in [0.15, 0.2) is 0 Å². The molecule has 0 amide bonds. The van der Waals surface area contributed by atoms with Crippen LogP contribution in [0.15, 0.2) is 53.5 Å². The molecule has 2 N–H and O–H groups in total. The largest absolute Gasteiger partial charge is 0.326 e. The van der Waals surface area contributed by atoms with Crippen LogP contribution in [-0.2, 0) is 6.54 Å². The Kier molecular flexibility index (Phi) is 3.68. The molecule has 0 aliphatic rings. The molecule has 2 heteroatoms. The molecule has 0 radical (unpaired) electrons. The molecule has 2 aromatic rings. The molecule has 86 valence electrons. The molecular formula is C15H16N2. The summed E-state index contributed by atoms with van der Waals surface area (Å²) in [6.07, 6.45) is 1.87. The smallest absolute Gasteiger partial charge is 0.0633 e. The summed E-state index contributed by atoms with van der Waals surface area (Å²) >= 11 is 0. The van der Waals surface area contributed by atoms with Crippen molar-refractivity contribution in [3.63, 3.8) is 0 Å². The molecule has 0 saturated carbocycles. The van der Waals surface area contributed by atoms with Crippen LogP contribution in [0.4, 0.5) is 5.69 Å². The van der Waals surface area contributed by atoms with Crippen molar-refractivity contribution in [3.05, 3.63) is 65.2 Å². The Morgan fingerprint density at radius 2 is 1.88 bits per heavy atom. The van der Waals surface area contributed by atoms with E-state index in [4.69, 9.17) is 5.73 Å². The van der Waals surface area contributed by atoms with Crippen molar-refractivity contribution in [2.75, 3.05) is 0 Å². The van der Waals surface area contributed by atoms with Crippen molar-refractivity contribution in [2.45, 2.75) is 13.5 Å². The van der Waals surface area contributed by atoms with Gasteiger partial charge >= 0.3 is 0 Å². The van der Waals surface area contributed by atoms with Crippen LogP contribution in [0.5, 0.6) is 0 Å². The highest BCUT2D eigenvalue weighted by Gasteiger charge is 1.92. The molecule has 0 heterocycles. The number of nitrogens with two attached hydrogens (primary N) is 1. The van der Waals surface area contributed by atoms with Crippen molar-refractivity contribution in [3.8, 4) is 0 Å². The van der Waals surface area contributed by atoms with Gasteiger partial charge in [-0.05, 0) is 30.2 Å². The molecule has 2 rings (SSSR count). The standard InChI is InChI=1S/C15H16N2/c1-12-5-7-13(8-6-12)11-17-15-4-2-3-14(9-15)10-16/h2-9,11H,10,16H2,1H3. The van der Waals surface area contributed by atoms with Gasteiger partial charge in [-0.3, -0.25) is 4.99 Å². The quantitative estimate of drug-likeness (QED) is 0.799. The first-order chi connectivity index (χ1) is 8.28. The van der Waals surface area contributed by atoms with Crippen LogP contribution in [0.1, 0.15) is 16.7 Å². The Hall–Kier alpha value is -1.93. The van der Waals surface area contributed by atoms with Gasteiger partial charge < -0.3 is 5.73 Å². The Morgan fingerprint density at radius 3 is 2.59 bits per heavy atom. The van der Waals surface area contributed by atoms with Crippen molar-refractivity contribution in [1.82, 2.24) is 0 Å². The van der Waals surface area contributed by atoms with Crippen LogP contribution < -0.4 is 5.73 Å². The van der Waals surface area contributed by atoms with Gasteiger partial charge in [-0.2, -0.15) is 0 Å². The number of hydrogen-bond donors (Lipinski definition) is 1. The zero-order valence-corrected chi connectivity index (χ0v) is 9.93. The molecule has 0 aliphatic carbocycles. The van der Waals surface area contributed by atoms with Gasteiger partial charge in [0, 0.05) is 12.8 Å². The zero-order valence-electron chi connectivity index (χ0n) is 9.93. The van der Waals surface area contributed by atoms with Crippen LogP contribution in [0.2, 0.25) is 0 Å². The van der Waals surface area contributed by atoms with E-state index in [0.717, 1.165) is 16.8 Å². The molecule has 17 heavy (non-hydrogen) atoms. The second kappa shape index (κ2) is 5.41. The maximum absolute atomic E-state index is 5.59. The van der Waals surface area contributed by atoms with E-state index >= 15 is 0 Å². The molecular weight excluding hydrogens is 208 g/mol. The Morgan fingerprint density at radius 1 is 1.12 bits per heavy atom. The Bertz CT molecular complexity index is 513. The van der Waals surface area contributed by atoms with Crippen molar-refractivity contribution >= 4 is 11.9 Å². The lowest BCUT2D eigenvalue weighted by Gasteiger charge is -1.98. The molecule has 0 spiro atoms. The van der Waals surface area contributed by atoms with Gasteiger partial charge in [0.1, 0.15) is 0 Å². The summed E-state index contributed by atoms with van der Waals surface area (Å²) in [5.74, 6) is 0. The average Bonchev–Trinajstić information content (AvgIpc) is 2.38. The lowest BCUT2D eigenvalue weighted by Crippen LogP contribution is -1.94. The molecule has 0 fully saturated rings. The monoisotopic (exact) mass is 224 g/mol. The van der Waals surface area contributed by atoms with E-state index < -0.39 is 0 Å². The van der Waals surface area contributed by atoms with Crippen molar-refractivity contribution < 1.29 is 0 Å². The highest BCUT2D eigenvalue weighted by molar-refractivity contribution is 5.81. The number of benzene rings is 2. The minimum absolute atomic E-state index is 0.549. The van der Waals surface area contributed by atoms with E-state index in [1.165, 1.54) is 5.56 Å². The van der Waals surface area contributed by atoms with Crippen LogP contribution in [0, 0.1) is 6.92 Å². The molecule has 0 aromatic heterocycles. The van der Waals surface area contributed by atoms with Crippen LogP contribution in [0.25, 0.3) is 0 Å². The summed E-state index contributed by atoms with van der Waals surface area (Å²) in [5.41, 5.74) is 9.99. The van der Waals surface area contributed by atoms with Crippen LogP contribution >= 0.6 is 0 Å². The predicted molar refractivity (Wildman–Crippen MR) is 72.8 cm³/mol. The van der Waals surface area contributed by atoms with Crippen molar-refractivity contribution in [1.29, 1.82) is 0 Å². The molecule has 2 aromatic carbocycles. The fourth-order valence-electron chi connectivity index (χ4n) is 1.57. The molecule has 0 bridgehead atoms. The Balaban J connectivity index is 2.16. The first-order valence-corrected chi connectivity index (χ1v) is 5.68. The molecule has 2 nitrogen and oxygen atoms in total. The third kappa shape index (κ3) is 3.26. The average molecular weight is 224 g/mol. The summed E-state index contributed by atoms with van der Waals surface area (Å²) in [6.45, 7) is 2.62. The minimum atomic E-state index is 0.549. The second-order valence-electron chi connectivity index (χ2n) is 4.04. The van der Waals surface area contributed by atoms with Crippen molar-refractivity contribution in [2.24, 2.45) is 10.7 Å². The van der Waals surface area contributed by atoms with E-state index in [1.54, 1.807) is 0 Å². The lowest BCUT2D eigenvalue weighted by atomic mass is 10.2. The second-order valence-corrected chi connectivity index (χ2v) is 4.04. The highest BCUT2D eigenvalue weighted by Crippen LogP contribution is 2.13. The number of hydrogen-bond acceptors (Lipinski definition) is 2. The fraction of sp³-hybridized carbons (Fsp3) is 0.133. The Labute approximate surface area is 102 Å². The lowest BCUT2D eigenvalue weighted by molar-refractivity contribution is 1.07. The summed E-state index contributed by atoms with van der Waals surface area (Å²) in [7, 11) is 0. The molecule has 0 atom stereocenters. The number of nitrogens with zero attached hydrogens (tertiary/aromatic N) is 1. The normalized spacial score (nSPS) is 10.9. The topological polar surface area (TPSA) is 38.4 Å². The van der Waals surface area contributed by atoms with Gasteiger partial charge in [0.2, 0.25) is 0 Å². The summed E-state index contributed by atoms with van der Waals surface area (Å²) in [4.78, 5) is 4.43. The van der Waals surface area contributed by atoms with Gasteiger partial charge in [0.25, 0.3) is 0 Å². The first-order valence-electron chi connectivity index (χ1n) is 5.68. The third-order valence-electron chi connectivity index (χ3n) is 2.59. The van der Waals surface area contributed by atoms with Gasteiger partial charge in [-0.1, -0.05) is 42.0 Å². The van der Waals surface area contributed by atoms with Gasteiger partial charge in [-0.25, -0.2) is 0 Å².